The fourth-order valence-electron chi connectivity index (χ4n) is 3.69. The summed E-state index contributed by atoms with van der Waals surface area (Å²) in [4.78, 5) is 17.4. The SMILES string of the molecule is C=Nc1nc(NCc2cnccn2)n(Cc2ccccc2)c1/C=C(\C)c1c(C)noc1C. The molecule has 0 spiro atoms. The van der Waals surface area contributed by atoms with Crippen molar-refractivity contribution in [2.45, 2.75) is 33.9 Å². The molecule has 3 aromatic heterocycles. The molecule has 0 amide bonds. The van der Waals surface area contributed by atoms with Gasteiger partial charge in [-0.3, -0.25) is 9.97 Å². The largest absolute Gasteiger partial charge is 0.361 e. The quantitative estimate of drug-likeness (QED) is 0.405. The Labute approximate surface area is 186 Å². The molecule has 0 saturated carbocycles. The predicted octanol–water partition coefficient (Wildman–Crippen LogP) is 4.83. The minimum atomic E-state index is 0.488. The van der Waals surface area contributed by atoms with Gasteiger partial charge in [-0.1, -0.05) is 35.5 Å². The number of aliphatic imine (C=N–C) groups is 1. The van der Waals surface area contributed by atoms with Crippen LogP contribution in [0.3, 0.4) is 0 Å². The number of aromatic nitrogens is 5. The Balaban J connectivity index is 1.77. The number of benzene rings is 1. The Morgan fingerprint density at radius 1 is 1.22 bits per heavy atom. The number of anilines is 1. The molecular weight excluding hydrogens is 402 g/mol. The lowest BCUT2D eigenvalue weighted by molar-refractivity contribution is 0.393. The van der Waals surface area contributed by atoms with Crippen LogP contribution in [0.2, 0.25) is 0 Å². The van der Waals surface area contributed by atoms with Gasteiger partial charge < -0.3 is 14.4 Å². The molecule has 32 heavy (non-hydrogen) atoms. The molecule has 0 bridgehead atoms. The number of imidazole rings is 1. The smallest absolute Gasteiger partial charge is 0.206 e. The molecule has 0 aliphatic rings. The third kappa shape index (κ3) is 4.49. The molecule has 0 unspecified atom stereocenters. The lowest BCUT2D eigenvalue weighted by atomic mass is 10.0. The highest BCUT2D eigenvalue weighted by molar-refractivity contribution is 5.84. The summed E-state index contributed by atoms with van der Waals surface area (Å²) in [6, 6.07) is 10.2. The van der Waals surface area contributed by atoms with Crippen molar-refractivity contribution in [3.63, 3.8) is 0 Å². The van der Waals surface area contributed by atoms with E-state index >= 15 is 0 Å². The van der Waals surface area contributed by atoms with Crippen molar-refractivity contribution in [2.75, 3.05) is 5.32 Å². The van der Waals surface area contributed by atoms with Gasteiger partial charge in [-0.2, -0.15) is 4.98 Å². The van der Waals surface area contributed by atoms with Crippen LogP contribution >= 0.6 is 0 Å². The van der Waals surface area contributed by atoms with E-state index in [9.17, 15) is 0 Å². The van der Waals surface area contributed by atoms with E-state index in [-0.39, 0.29) is 0 Å². The van der Waals surface area contributed by atoms with Crippen molar-refractivity contribution < 1.29 is 4.52 Å². The average molecular weight is 428 g/mol. The summed E-state index contributed by atoms with van der Waals surface area (Å²) in [5, 5.41) is 7.46. The van der Waals surface area contributed by atoms with E-state index in [1.807, 2.05) is 39.0 Å². The molecule has 4 rings (SSSR count). The summed E-state index contributed by atoms with van der Waals surface area (Å²) in [6.45, 7) is 10.7. The highest BCUT2D eigenvalue weighted by Gasteiger charge is 2.18. The number of hydrogen-bond donors (Lipinski definition) is 1. The highest BCUT2D eigenvalue weighted by atomic mass is 16.5. The highest BCUT2D eigenvalue weighted by Crippen LogP contribution is 2.31. The van der Waals surface area contributed by atoms with E-state index < -0.39 is 0 Å². The van der Waals surface area contributed by atoms with Crippen LogP contribution in [0.4, 0.5) is 11.8 Å². The molecule has 0 atom stereocenters. The molecule has 3 heterocycles. The van der Waals surface area contributed by atoms with E-state index in [4.69, 9.17) is 9.51 Å². The summed E-state index contributed by atoms with van der Waals surface area (Å²) in [7, 11) is 0. The van der Waals surface area contributed by atoms with E-state index in [1.165, 1.54) is 0 Å². The number of nitrogens with one attached hydrogen (secondary N) is 1. The van der Waals surface area contributed by atoms with Gasteiger partial charge in [0.15, 0.2) is 5.82 Å². The molecular formula is C24H25N7O. The molecule has 8 heteroatoms. The van der Waals surface area contributed by atoms with Crippen molar-refractivity contribution in [3.8, 4) is 0 Å². The van der Waals surface area contributed by atoms with E-state index in [2.05, 4.69) is 54.9 Å². The van der Waals surface area contributed by atoms with Gasteiger partial charge in [0.2, 0.25) is 5.95 Å². The summed E-state index contributed by atoms with van der Waals surface area (Å²) < 4.78 is 7.45. The zero-order valence-electron chi connectivity index (χ0n) is 18.4. The van der Waals surface area contributed by atoms with E-state index in [1.54, 1.807) is 18.6 Å². The van der Waals surface area contributed by atoms with Gasteiger partial charge in [-0.25, -0.2) is 4.99 Å². The van der Waals surface area contributed by atoms with Gasteiger partial charge in [0.05, 0.1) is 36.4 Å². The third-order valence-electron chi connectivity index (χ3n) is 5.15. The topological polar surface area (TPSA) is 94.0 Å². The second-order valence-electron chi connectivity index (χ2n) is 7.45. The first-order valence-corrected chi connectivity index (χ1v) is 10.3. The van der Waals surface area contributed by atoms with Crippen molar-refractivity contribution in [3.05, 3.63) is 82.9 Å². The molecule has 1 N–H and O–H groups in total. The fourth-order valence-corrected chi connectivity index (χ4v) is 3.69. The number of allylic oxidation sites excluding steroid dienone is 1. The standard InChI is InChI=1S/C24H25N7O/c1-16(22-17(2)30-32-18(22)3)12-21-23(25-4)29-24(28-14-20-13-26-10-11-27-20)31(21)15-19-8-6-5-7-9-19/h5-13H,4,14-15H2,1-3H3,(H,28,29)/b16-12+. The molecule has 1 aromatic carbocycles. The Hall–Kier alpha value is -4.07. The second-order valence-corrected chi connectivity index (χ2v) is 7.45. The average Bonchev–Trinajstić information content (AvgIpc) is 3.32. The number of rotatable bonds is 8. The minimum Gasteiger partial charge on any atom is -0.361 e. The van der Waals surface area contributed by atoms with Gasteiger partial charge in [0, 0.05) is 18.0 Å². The van der Waals surface area contributed by atoms with Crippen LogP contribution < -0.4 is 5.32 Å². The maximum atomic E-state index is 5.36. The first kappa shape index (κ1) is 21.2. The molecule has 0 fully saturated rings. The fraction of sp³-hybridized carbons (Fsp3) is 0.208. The Morgan fingerprint density at radius 2 is 2.03 bits per heavy atom. The number of nitrogens with zero attached hydrogens (tertiary/aromatic N) is 6. The van der Waals surface area contributed by atoms with Crippen LogP contribution in [0.15, 0.2) is 58.4 Å². The van der Waals surface area contributed by atoms with Crippen LogP contribution in [0.25, 0.3) is 11.6 Å². The molecule has 4 aromatic rings. The monoisotopic (exact) mass is 427 g/mol. The Bertz CT molecular complexity index is 1220. The van der Waals surface area contributed by atoms with Gasteiger partial charge in [-0.05, 0) is 44.7 Å². The lowest BCUT2D eigenvalue weighted by Gasteiger charge is -2.12. The zero-order chi connectivity index (χ0) is 22.5. The zero-order valence-corrected chi connectivity index (χ0v) is 18.4. The van der Waals surface area contributed by atoms with Gasteiger partial charge in [-0.15, -0.1) is 0 Å². The number of aryl methyl sites for hydroxylation is 2. The van der Waals surface area contributed by atoms with Crippen molar-refractivity contribution in [1.82, 2.24) is 24.7 Å². The van der Waals surface area contributed by atoms with Crippen LogP contribution in [-0.4, -0.2) is 31.4 Å². The molecule has 0 aliphatic heterocycles. The van der Waals surface area contributed by atoms with Crippen LogP contribution in [-0.2, 0) is 13.1 Å². The Kier molecular flexibility index (Phi) is 6.21. The third-order valence-corrected chi connectivity index (χ3v) is 5.15. The maximum Gasteiger partial charge on any atom is 0.206 e. The Morgan fingerprint density at radius 3 is 2.69 bits per heavy atom. The number of hydrogen-bond acceptors (Lipinski definition) is 7. The minimum absolute atomic E-state index is 0.488. The summed E-state index contributed by atoms with van der Waals surface area (Å²) in [5.74, 6) is 2.01. The first-order chi connectivity index (χ1) is 15.6. The van der Waals surface area contributed by atoms with Crippen LogP contribution in [0.1, 0.15) is 40.9 Å². The van der Waals surface area contributed by atoms with Gasteiger partial charge in [0.25, 0.3) is 0 Å². The van der Waals surface area contributed by atoms with E-state index in [0.717, 1.165) is 39.5 Å². The second kappa shape index (κ2) is 9.38. The summed E-state index contributed by atoms with van der Waals surface area (Å²) in [6.07, 6.45) is 7.11. The molecule has 0 aliphatic carbocycles. The van der Waals surface area contributed by atoms with Crippen LogP contribution in [0.5, 0.6) is 0 Å². The van der Waals surface area contributed by atoms with E-state index in [0.29, 0.717) is 24.9 Å². The molecule has 0 saturated heterocycles. The van der Waals surface area contributed by atoms with Gasteiger partial charge >= 0.3 is 0 Å². The maximum absolute atomic E-state index is 5.36. The van der Waals surface area contributed by atoms with Crippen molar-refractivity contribution in [1.29, 1.82) is 0 Å². The molecule has 162 valence electrons. The lowest BCUT2D eigenvalue weighted by Crippen LogP contribution is -2.10. The van der Waals surface area contributed by atoms with Crippen molar-refractivity contribution >= 4 is 30.1 Å². The predicted molar refractivity (Wildman–Crippen MR) is 126 cm³/mol. The molecule has 0 radical (unpaired) electrons. The summed E-state index contributed by atoms with van der Waals surface area (Å²) >= 11 is 0. The van der Waals surface area contributed by atoms with Gasteiger partial charge in [0.1, 0.15) is 5.76 Å². The first-order valence-electron chi connectivity index (χ1n) is 10.3. The molecule has 8 nitrogen and oxygen atoms in total. The summed E-state index contributed by atoms with van der Waals surface area (Å²) in [5.41, 5.74) is 5.66. The normalized spacial score (nSPS) is 11.5. The van der Waals surface area contributed by atoms with Crippen molar-refractivity contribution in [2.24, 2.45) is 4.99 Å². The van der Waals surface area contributed by atoms with Crippen LogP contribution in [0, 0.1) is 13.8 Å².